The summed E-state index contributed by atoms with van der Waals surface area (Å²) in [6.07, 6.45) is 3.04. The lowest BCUT2D eigenvalue weighted by Gasteiger charge is -2.22. The zero-order chi connectivity index (χ0) is 14.8. The molecule has 0 amide bonds. The fourth-order valence-electron chi connectivity index (χ4n) is 2.96. The van der Waals surface area contributed by atoms with Gasteiger partial charge in [0.25, 0.3) is 0 Å². The van der Waals surface area contributed by atoms with Crippen LogP contribution in [-0.4, -0.2) is 31.4 Å². The van der Waals surface area contributed by atoms with Gasteiger partial charge in [-0.25, -0.2) is 0 Å². The van der Waals surface area contributed by atoms with E-state index in [4.69, 9.17) is 14.2 Å². The van der Waals surface area contributed by atoms with E-state index in [1.807, 2.05) is 12.1 Å². The number of carboxylic acid groups (broad SMARTS) is 1. The normalized spacial score (nSPS) is 18.7. The second-order valence-electron chi connectivity index (χ2n) is 5.60. The highest BCUT2D eigenvalue weighted by atomic mass is 16.5. The maximum atomic E-state index is 11.2. The molecule has 1 aliphatic heterocycles. The van der Waals surface area contributed by atoms with Crippen molar-refractivity contribution in [1.29, 1.82) is 0 Å². The summed E-state index contributed by atoms with van der Waals surface area (Å²) in [6.45, 7) is 1.20. The van der Waals surface area contributed by atoms with E-state index in [2.05, 4.69) is 0 Å². The molecule has 5 heteroatoms. The Bertz CT molecular complexity index is 536. The molecule has 1 unspecified atom stereocenters. The van der Waals surface area contributed by atoms with Crippen molar-refractivity contribution in [2.75, 3.05) is 20.3 Å². The maximum absolute atomic E-state index is 11.2. The van der Waals surface area contributed by atoms with E-state index in [1.54, 1.807) is 7.11 Å². The number of fused-ring (bicyclic) bond motifs is 1. The van der Waals surface area contributed by atoms with Crippen LogP contribution in [0.1, 0.15) is 37.2 Å². The second-order valence-corrected chi connectivity index (χ2v) is 5.60. The lowest BCUT2D eigenvalue weighted by Crippen LogP contribution is -2.12. The number of carboxylic acids is 1. The molecule has 1 heterocycles. The molecule has 5 nitrogen and oxygen atoms in total. The first kappa shape index (κ1) is 14.0. The Balaban J connectivity index is 2.06. The van der Waals surface area contributed by atoms with Crippen molar-refractivity contribution in [2.45, 2.75) is 31.6 Å². The summed E-state index contributed by atoms with van der Waals surface area (Å²) < 4.78 is 17.0. The smallest absolute Gasteiger partial charge is 0.303 e. The SMILES string of the molecule is COc1ccc2c(c1C(CC(=O)O)C1CC1)OCCCO2. The van der Waals surface area contributed by atoms with Crippen LogP contribution in [0.15, 0.2) is 12.1 Å². The molecule has 3 rings (SSSR count). The van der Waals surface area contributed by atoms with Crippen molar-refractivity contribution in [1.82, 2.24) is 0 Å². The van der Waals surface area contributed by atoms with Gasteiger partial charge < -0.3 is 19.3 Å². The van der Waals surface area contributed by atoms with Crippen LogP contribution in [0, 0.1) is 5.92 Å². The third-order valence-corrected chi connectivity index (χ3v) is 4.09. The summed E-state index contributed by atoms with van der Waals surface area (Å²) in [7, 11) is 1.60. The van der Waals surface area contributed by atoms with Crippen LogP contribution in [0.2, 0.25) is 0 Å². The van der Waals surface area contributed by atoms with Crippen LogP contribution < -0.4 is 14.2 Å². The van der Waals surface area contributed by atoms with Crippen LogP contribution in [-0.2, 0) is 4.79 Å². The molecule has 21 heavy (non-hydrogen) atoms. The predicted octanol–water partition coefficient (Wildman–Crippen LogP) is 2.82. The quantitative estimate of drug-likeness (QED) is 0.904. The molecule has 1 N–H and O–H groups in total. The Labute approximate surface area is 123 Å². The lowest BCUT2D eigenvalue weighted by atomic mass is 9.89. The molecule has 1 fully saturated rings. The van der Waals surface area contributed by atoms with Gasteiger partial charge in [0.05, 0.1) is 26.7 Å². The number of hydrogen-bond donors (Lipinski definition) is 1. The molecule has 0 saturated heterocycles. The largest absolute Gasteiger partial charge is 0.496 e. The van der Waals surface area contributed by atoms with E-state index >= 15 is 0 Å². The van der Waals surface area contributed by atoms with Crippen molar-refractivity contribution < 1.29 is 24.1 Å². The molecule has 1 aliphatic carbocycles. The number of hydrogen-bond acceptors (Lipinski definition) is 4. The Kier molecular flexibility index (Phi) is 3.90. The zero-order valence-electron chi connectivity index (χ0n) is 12.1. The van der Waals surface area contributed by atoms with Gasteiger partial charge in [0.15, 0.2) is 11.5 Å². The highest BCUT2D eigenvalue weighted by Gasteiger charge is 2.38. The Morgan fingerprint density at radius 3 is 2.81 bits per heavy atom. The first-order chi connectivity index (χ1) is 10.2. The summed E-state index contributed by atoms with van der Waals surface area (Å²) in [4.78, 5) is 11.2. The number of benzene rings is 1. The van der Waals surface area contributed by atoms with Gasteiger partial charge in [-0.2, -0.15) is 0 Å². The topological polar surface area (TPSA) is 65.0 Å². The molecular formula is C16H20O5. The van der Waals surface area contributed by atoms with E-state index in [9.17, 15) is 9.90 Å². The van der Waals surface area contributed by atoms with E-state index in [0.717, 1.165) is 24.8 Å². The van der Waals surface area contributed by atoms with E-state index in [-0.39, 0.29) is 12.3 Å². The third kappa shape index (κ3) is 2.91. The first-order valence-electron chi connectivity index (χ1n) is 7.39. The average Bonchev–Trinajstić information content (AvgIpc) is 3.29. The zero-order valence-corrected chi connectivity index (χ0v) is 12.1. The Morgan fingerprint density at radius 2 is 2.14 bits per heavy atom. The van der Waals surface area contributed by atoms with Crippen molar-refractivity contribution in [3.63, 3.8) is 0 Å². The molecule has 0 bridgehead atoms. The van der Waals surface area contributed by atoms with Crippen LogP contribution in [0.4, 0.5) is 0 Å². The highest BCUT2D eigenvalue weighted by molar-refractivity contribution is 5.69. The highest BCUT2D eigenvalue weighted by Crippen LogP contribution is 2.52. The fraction of sp³-hybridized carbons (Fsp3) is 0.562. The van der Waals surface area contributed by atoms with Gasteiger partial charge in [-0.15, -0.1) is 0 Å². The third-order valence-electron chi connectivity index (χ3n) is 4.09. The van der Waals surface area contributed by atoms with Crippen molar-refractivity contribution >= 4 is 5.97 Å². The summed E-state index contributed by atoms with van der Waals surface area (Å²) in [5, 5.41) is 9.23. The number of methoxy groups -OCH3 is 1. The van der Waals surface area contributed by atoms with Crippen molar-refractivity contribution in [2.24, 2.45) is 5.92 Å². The minimum atomic E-state index is -0.791. The maximum Gasteiger partial charge on any atom is 0.303 e. The van der Waals surface area contributed by atoms with Gasteiger partial charge in [0.1, 0.15) is 5.75 Å². The number of aliphatic carboxylic acids is 1. The van der Waals surface area contributed by atoms with Gasteiger partial charge >= 0.3 is 5.97 Å². The van der Waals surface area contributed by atoms with Crippen molar-refractivity contribution in [3.05, 3.63) is 17.7 Å². The summed E-state index contributed by atoms with van der Waals surface area (Å²) >= 11 is 0. The Morgan fingerprint density at radius 1 is 1.38 bits per heavy atom. The molecule has 0 radical (unpaired) electrons. The van der Waals surface area contributed by atoms with Crippen molar-refractivity contribution in [3.8, 4) is 17.2 Å². The average molecular weight is 292 g/mol. The van der Waals surface area contributed by atoms with Gasteiger partial charge in [-0.1, -0.05) is 0 Å². The molecule has 2 aliphatic rings. The van der Waals surface area contributed by atoms with Crippen LogP contribution >= 0.6 is 0 Å². The van der Waals surface area contributed by atoms with E-state index in [0.29, 0.717) is 36.4 Å². The van der Waals surface area contributed by atoms with E-state index < -0.39 is 5.97 Å². The monoisotopic (exact) mass is 292 g/mol. The van der Waals surface area contributed by atoms with E-state index in [1.165, 1.54) is 0 Å². The number of rotatable bonds is 5. The Hall–Kier alpha value is -1.91. The minimum absolute atomic E-state index is 0.0749. The van der Waals surface area contributed by atoms with Gasteiger partial charge in [0.2, 0.25) is 0 Å². The molecule has 1 atom stereocenters. The molecule has 1 aromatic carbocycles. The minimum Gasteiger partial charge on any atom is -0.496 e. The molecular weight excluding hydrogens is 272 g/mol. The fourth-order valence-corrected chi connectivity index (χ4v) is 2.96. The second kappa shape index (κ2) is 5.84. The van der Waals surface area contributed by atoms with Gasteiger partial charge in [-0.05, 0) is 30.9 Å². The summed E-state index contributed by atoms with van der Waals surface area (Å²) in [6, 6.07) is 3.69. The first-order valence-corrected chi connectivity index (χ1v) is 7.39. The number of carbonyl (C=O) groups is 1. The van der Waals surface area contributed by atoms with Gasteiger partial charge in [0, 0.05) is 17.9 Å². The molecule has 0 spiro atoms. The van der Waals surface area contributed by atoms with Crippen LogP contribution in [0.5, 0.6) is 17.2 Å². The molecule has 114 valence electrons. The number of ether oxygens (including phenoxy) is 3. The summed E-state index contributed by atoms with van der Waals surface area (Å²) in [5.74, 6) is 1.59. The molecule has 1 aromatic rings. The molecule has 1 saturated carbocycles. The van der Waals surface area contributed by atoms with Gasteiger partial charge in [-0.3, -0.25) is 4.79 Å². The summed E-state index contributed by atoms with van der Waals surface area (Å²) in [5.41, 5.74) is 0.863. The van der Waals surface area contributed by atoms with Crippen LogP contribution in [0.3, 0.4) is 0 Å². The lowest BCUT2D eigenvalue weighted by molar-refractivity contribution is -0.137. The van der Waals surface area contributed by atoms with Crippen LogP contribution in [0.25, 0.3) is 0 Å². The predicted molar refractivity (Wildman–Crippen MR) is 76.3 cm³/mol. The standard InChI is InChI=1S/C16H20O5/c1-19-12-5-6-13-16(21-8-2-7-20-13)15(12)11(9-14(17)18)10-3-4-10/h5-6,10-11H,2-4,7-9H2,1H3,(H,17,18). The molecule has 0 aromatic heterocycles.